The minimum atomic E-state index is -4.96. The number of unbranched alkanes of at least 4 members (excludes halogenated alkanes) is 35. The van der Waals surface area contributed by atoms with Crippen molar-refractivity contribution in [2.45, 2.75) is 388 Å². The average molecular weight is 1370 g/mol. The van der Waals surface area contributed by atoms with Crippen molar-refractivity contribution in [1.82, 2.24) is 0 Å². The summed E-state index contributed by atoms with van der Waals surface area (Å²) in [5.41, 5.74) is 0. The van der Waals surface area contributed by atoms with Crippen molar-refractivity contribution in [1.29, 1.82) is 0 Å². The molecule has 0 rings (SSSR count). The second kappa shape index (κ2) is 63.5. The van der Waals surface area contributed by atoms with E-state index < -0.39 is 97.5 Å². The van der Waals surface area contributed by atoms with Crippen molar-refractivity contribution in [3.63, 3.8) is 0 Å². The van der Waals surface area contributed by atoms with Crippen LogP contribution >= 0.6 is 15.6 Å². The summed E-state index contributed by atoms with van der Waals surface area (Å²) in [4.78, 5) is 72.7. The van der Waals surface area contributed by atoms with Gasteiger partial charge in [-0.15, -0.1) is 0 Å². The molecule has 0 aliphatic heterocycles. The number of phosphoric ester groups is 2. The Kier molecular flexibility index (Phi) is 62.2. The Balaban J connectivity index is 5.26. The number of phosphoric acid groups is 2. The predicted molar refractivity (Wildman–Crippen MR) is 377 cm³/mol. The van der Waals surface area contributed by atoms with Gasteiger partial charge in [-0.05, 0) is 49.4 Å². The van der Waals surface area contributed by atoms with Crippen LogP contribution in [-0.4, -0.2) is 96.7 Å². The Morgan fingerprint density at radius 3 is 0.763 bits per heavy atom. The van der Waals surface area contributed by atoms with E-state index in [0.29, 0.717) is 25.7 Å². The highest BCUT2D eigenvalue weighted by Gasteiger charge is 2.30. The van der Waals surface area contributed by atoms with Crippen LogP contribution in [0.15, 0.2) is 0 Å². The minimum Gasteiger partial charge on any atom is -0.462 e. The number of hydrogen-bond donors (Lipinski definition) is 3. The largest absolute Gasteiger partial charge is 0.472 e. The van der Waals surface area contributed by atoms with Crippen molar-refractivity contribution >= 4 is 39.5 Å². The lowest BCUT2D eigenvalue weighted by Crippen LogP contribution is -2.30. The second-order valence-electron chi connectivity index (χ2n) is 28.1. The first-order valence-electron chi connectivity index (χ1n) is 38.3. The van der Waals surface area contributed by atoms with Gasteiger partial charge < -0.3 is 33.8 Å². The highest BCUT2D eigenvalue weighted by molar-refractivity contribution is 7.47. The van der Waals surface area contributed by atoms with Gasteiger partial charge in [0.25, 0.3) is 0 Å². The molecule has 4 unspecified atom stereocenters. The van der Waals surface area contributed by atoms with E-state index in [-0.39, 0.29) is 25.7 Å². The van der Waals surface area contributed by atoms with E-state index in [4.69, 9.17) is 37.0 Å². The Morgan fingerprint density at radius 2 is 0.516 bits per heavy atom. The summed E-state index contributed by atoms with van der Waals surface area (Å²) in [6.45, 7) is 14.2. The summed E-state index contributed by atoms with van der Waals surface area (Å²) in [6.07, 6.45) is 47.1. The Morgan fingerprint density at radius 1 is 0.301 bits per heavy atom. The van der Waals surface area contributed by atoms with E-state index in [1.165, 1.54) is 167 Å². The van der Waals surface area contributed by atoms with Crippen LogP contribution in [0.25, 0.3) is 0 Å². The number of ether oxygens (including phenoxy) is 4. The molecule has 0 aliphatic rings. The van der Waals surface area contributed by atoms with Crippen molar-refractivity contribution in [3.8, 4) is 0 Å². The number of rotatable bonds is 71. The van der Waals surface area contributed by atoms with Gasteiger partial charge in [-0.2, -0.15) is 0 Å². The summed E-state index contributed by atoms with van der Waals surface area (Å²) in [5, 5.41) is 10.6. The molecule has 0 saturated heterocycles. The maximum absolute atomic E-state index is 13.1. The third-order valence-electron chi connectivity index (χ3n) is 17.8. The molecule has 0 radical (unpaired) electrons. The SMILES string of the molecule is CCC(C)CCCCCCCCCCCCC(=O)OC[C@H](COP(=O)(O)OC[C@@H](O)COP(=O)(O)OC[C@@H](COC(=O)CCCCCCCCC(C)CC)OC(=O)CCCCCCCCCCCC(C)C)OC(=O)CCCCCCCCCCCCCCCCC(C)C. The molecular weight excluding hydrogens is 1220 g/mol. The van der Waals surface area contributed by atoms with Gasteiger partial charge in [-0.1, -0.05) is 319 Å². The Hall–Kier alpha value is -1.94. The number of carbonyl (C=O) groups is 4. The molecule has 0 fully saturated rings. The summed E-state index contributed by atoms with van der Waals surface area (Å²) in [7, 11) is -9.91. The van der Waals surface area contributed by atoms with Crippen LogP contribution in [0.2, 0.25) is 0 Å². The first-order chi connectivity index (χ1) is 44.7. The normalized spacial score (nSPS) is 14.8. The van der Waals surface area contributed by atoms with Gasteiger partial charge in [0, 0.05) is 25.7 Å². The molecule has 0 heterocycles. The first-order valence-corrected chi connectivity index (χ1v) is 41.3. The fraction of sp³-hybridized carbons (Fsp3) is 0.946. The summed E-state index contributed by atoms with van der Waals surface area (Å²) < 4.78 is 68.4. The third-order valence-corrected chi connectivity index (χ3v) is 19.7. The smallest absolute Gasteiger partial charge is 0.462 e. The van der Waals surface area contributed by atoms with E-state index in [1.807, 2.05) is 0 Å². The highest BCUT2D eigenvalue weighted by atomic mass is 31.2. The molecule has 0 aromatic carbocycles. The highest BCUT2D eigenvalue weighted by Crippen LogP contribution is 2.45. The Labute approximate surface area is 568 Å². The van der Waals surface area contributed by atoms with Crippen LogP contribution < -0.4 is 0 Å². The van der Waals surface area contributed by atoms with Crippen LogP contribution in [0.5, 0.6) is 0 Å². The molecule has 0 aromatic heterocycles. The quantitative estimate of drug-likeness (QED) is 0.0222. The van der Waals surface area contributed by atoms with Crippen molar-refractivity contribution < 1.29 is 80.2 Å². The second-order valence-corrected chi connectivity index (χ2v) is 31.0. The van der Waals surface area contributed by atoms with E-state index in [2.05, 4.69) is 55.4 Å². The molecule has 0 aliphatic carbocycles. The number of carbonyl (C=O) groups excluding carboxylic acids is 4. The van der Waals surface area contributed by atoms with Gasteiger partial charge in [0.05, 0.1) is 26.4 Å². The zero-order valence-electron chi connectivity index (χ0n) is 60.9. The molecule has 552 valence electrons. The number of aliphatic hydroxyl groups excluding tert-OH is 1. The monoisotopic (exact) mass is 1370 g/mol. The lowest BCUT2D eigenvalue weighted by molar-refractivity contribution is -0.161. The van der Waals surface area contributed by atoms with Crippen molar-refractivity contribution in [2.24, 2.45) is 23.7 Å². The maximum atomic E-state index is 13.1. The van der Waals surface area contributed by atoms with Crippen LogP contribution in [0.1, 0.15) is 370 Å². The molecule has 0 saturated carbocycles. The zero-order valence-corrected chi connectivity index (χ0v) is 62.7. The molecule has 0 bridgehead atoms. The lowest BCUT2D eigenvalue weighted by atomic mass is 9.99. The van der Waals surface area contributed by atoms with Crippen LogP contribution in [0.3, 0.4) is 0 Å². The molecule has 17 nitrogen and oxygen atoms in total. The molecule has 0 spiro atoms. The molecule has 0 aromatic rings. The summed E-state index contributed by atoms with van der Waals surface area (Å²) in [5.74, 6) is 0.947. The molecule has 3 N–H and O–H groups in total. The van der Waals surface area contributed by atoms with E-state index in [0.717, 1.165) is 120 Å². The average Bonchev–Trinajstić information content (AvgIpc) is 1.59. The molecule has 7 atom stereocenters. The summed E-state index contributed by atoms with van der Waals surface area (Å²) in [6, 6.07) is 0. The lowest BCUT2D eigenvalue weighted by Gasteiger charge is -2.21. The maximum Gasteiger partial charge on any atom is 0.472 e. The number of esters is 4. The fourth-order valence-corrected chi connectivity index (χ4v) is 12.7. The molecular formula is C74H144O17P2. The van der Waals surface area contributed by atoms with Crippen LogP contribution in [0.4, 0.5) is 0 Å². The van der Waals surface area contributed by atoms with Crippen molar-refractivity contribution in [3.05, 3.63) is 0 Å². The first kappa shape index (κ1) is 91.1. The summed E-state index contributed by atoms with van der Waals surface area (Å²) >= 11 is 0. The van der Waals surface area contributed by atoms with Gasteiger partial charge in [0.2, 0.25) is 0 Å². The van der Waals surface area contributed by atoms with Gasteiger partial charge >= 0.3 is 39.5 Å². The van der Waals surface area contributed by atoms with Gasteiger partial charge in [0.1, 0.15) is 19.3 Å². The van der Waals surface area contributed by atoms with Crippen molar-refractivity contribution in [2.75, 3.05) is 39.6 Å². The van der Waals surface area contributed by atoms with E-state index in [9.17, 15) is 43.2 Å². The van der Waals surface area contributed by atoms with E-state index in [1.54, 1.807) is 0 Å². The Bertz CT molecular complexity index is 1840. The number of hydrogen-bond acceptors (Lipinski definition) is 15. The standard InChI is InChI=1S/C74H144O17P2/c1-9-66(7)52-44-36-28-22-17-18-23-29-38-46-54-71(76)84-60-69(90-73(78)56-48-40-30-24-16-14-12-11-13-15-20-26-34-42-50-64(3)4)62-88-92(80,81)86-58-68(75)59-87-93(82,83)89-63-70(61-85-72(77)55-47-39-33-32-37-45-53-67(8)10-2)91-74(79)57-49-41-31-25-19-21-27-35-43-51-65(5)6/h64-70,75H,9-63H2,1-8H3,(H,80,81)(H,82,83)/t66?,67?,68-,69-,70-/m1/s1. The molecule has 93 heavy (non-hydrogen) atoms. The fourth-order valence-electron chi connectivity index (χ4n) is 11.1. The van der Waals surface area contributed by atoms with Gasteiger partial charge in [0.15, 0.2) is 12.2 Å². The predicted octanol–water partition coefficient (Wildman–Crippen LogP) is 21.3. The number of aliphatic hydroxyl groups is 1. The van der Waals surface area contributed by atoms with Gasteiger partial charge in [-0.3, -0.25) is 37.3 Å². The zero-order chi connectivity index (χ0) is 68.9. The molecule has 19 heteroatoms. The minimum absolute atomic E-state index is 0.104. The van der Waals surface area contributed by atoms with E-state index >= 15 is 0 Å². The van der Waals surface area contributed by atoms with Crippen LogP contribution in [-0.2, 0) is 65.4 Å². The third kappa shape index (κ3) is 65.8. The topological polar surface area (TPSA) is 237 Å². The van der Waals surface area contributed by atoms with Gasteiger partial charge in [-0.25, -0.2) is 9.13 Å². The molecule has 0 amide bonds. The van der Waals surface area contributed by atoms with Crippen LogP contribution in [0, 0.1) is 23.7 Å².